The van der Waals surface area contributed by atoms with Gasteiger partial charge in [-0.2, -0.15) is 0 Å². The van der Waals surface area contributed by atoms with Gasteiger partial charge in [0, 0.05) is 12.6 Å². The van der Waals surface area contributed by atoms with E-state index < -0.39 is 15.8 Å². The Kier molecular flexibility index (Phi) is 7.78. The summed E-state index contributed by atoms with van der Waals surface area (Å²) in [4.78, 5) is 13.2. The van der Waals surface area contributed by atoms with Crippen molar-refractivity contribution in [1.29, 1.82) is 0 Å². The maximum Gasteiger partial charge on any atom is 0.138 e. The molecular formula is C28H26OP2. The van der Waals surface area contributed by atoms with E-state index in [9.17, 15) is 4.79 Å². The summed E-state index contributed by atoms with van der Waals surface area (Å²) >= 11 is 0. The normalized spacial score (nSPS) is 11.0. The average molecular weight is 440 g/mol. The molecule has 4 aromatic rings. The molecule has 0 aromatic heterocycles. The predicted molar refractivity (Wildman–Crippen MR) is 138 cm³/mol. The minimum absolute atomic E-state index is 0.359. The molecule has 0 amide bonds. The topological polar surface area (TPSA) is 17.1 Å². The van der Waals surface area contributed by atoms with E-state index in [1.165, 1.54) is 21.2 Å². The van der Waals surface area contributed by atoms with Crippen LogP contribution >= 0.6 is 15.8 Å². The van der Waals surface area contributed by atoms with Gasteiger partial charge in [0.15, 0.2) is 0 Å². The van der Waals surface area contributed by atoms with Crippen LogP contribution in [0.1, 0.15) is 6.42 Å². The van der Waals surface area contributed by atoms with Crippen LogP contribution in [0.2, 0.25) is 0 Å². The Bertz CT molecular complexity index is 988. The molecule has 3 heteroatoms. The van der Waals surface area contributed by atoms with Crippen molar-refractivity contribution in [2.75, 3.05) is 12.3 Å². The highest BCUT2D eigenvalue weighted by molar-refractivity contribution is 7.74. The Morgan fingerprint density at radius 2 is 0.806 bits per heavy atom. The highest BCUT2D eigenvalue weighted by atomic mass is 31.1. The quantitative estimate of drug-likeness (QED) is 0.327. The minimum atomic E-state index is -0.672. The number of Topliss-reactive ketones (excluding diaryl/α,β-unsaturated/α-hetero) is 1. The maximum atomic E-state index is 13.2. The summed E-state index contributed by atoms with van der Waals surface area (Å²) in [6, 6.07) is 42.3. The molecule has 0 unspecified atom stereocenters. The second kappa shape index (κ2) is 11.1. The fraction of sp³-hybridized carbons (Fsp3) is 0.107. The van der Waals surface area contributed by atoms with Crippen molar-refractivity contribution >= 4 is 42.8 Å². The van der Waals surface area contributed by atoms with Gasteiger partial charge in [-0.05, 0) is 43.2 Å². The third-order valence-electron chi connectivity index (χ3n) is 5.22. The van der Waals surface area contributed by atoms with Gasteiger partial charge in [0.05, 0.1) is 0 Å². The highest BCUT2D eigenvalue weighted by Crippen LogP contribution is 2.37. The van der Waals surface area contributed by atoms with E-state index in [0.29, 0.717) is 18.4 Å². The fourth-order valence-corrected chi connectivity index (χ4v) is 8.25. The molecule has 0 radical (unpaired) electrons. The van der Waals surface area contributed by atoms with Crippen LogP contribution in [-0.4, -0.2) is 18.1 Å². The van der Waals surface area contributed by atoms with Gasteiger partial charge in [-0.25, -0.2) is 0 Å². The molecule has 0 atom stereocenters. The molecule has 0 spiro atoms. The Balaban J connectivity index is 1.50. The number of benzene rings is 4. The van der Waals surface area contributed by atoms with Gasteiger partial charge >= 0.3 is 0 Å². The Labute approximate surface area is 187 Å². The first kappa shape index (κ1) is 21.6. The zero-order chi connectivity index (χ0) is 21.3. The van der Waals surface area contributed by atoms with Crippen molar-refractivity contribution < 1.29 is 4.79 Å². The molecular weight excluding hydrogens is 414 g/mol. The van der Waals surface area contributed by atoms with Crippen molar-refractivity contribution in [2.24, 2.45) is 0 Å². The molecule has 4 rings (SSSR count). The van der Waals surface area contributed by atoms with Gasteiger partial charge < -0.3 is 0 Å². The van der Waals surface area contributed by atoms with Crippen LogP contribution < -0.4 is 21.2 Å². The standard InChI is InChI=1S/C28H26OP2/c29-24(23-31(27-17-9-3-10-18-27)28-19-11-4-12-20-28)21-22-30(25-13-5-1-6-14-25)26-15-7-2-8-16-26/h1-20H,21-23H2. The molecule has 0 saturated carbocycles. The number of ketones is 1. The van der Waals surface area contributed by atoms with Gasteiger partial charge in [-0.15, -0.1) is 0 Å². The average Bonchev–Trinajstić information content (AvgIpc) is 2.85. The zero-order valence-electron chi connectivity index (χ0n) is 17.5. The molecule has 4 aromatic carbocycles. The van der Waals surface area contributed by atoms with Crippen molar-refractivity contribution in [3.8, 4) is 0 Å². The maximum absolute atomic E-state index is 13.2. The van der Waals surface area contributed by atoms with E-state index in [1.807, 2.05) is 12.1 Å². The summed E-state index contributed by atoms with van der Waals surface area (Å²) in [7, 11) is -1.20. The van der Waals surface area contributed by atoms with Crippen LogP contribution in [0.5, 0.6) is 0 Å². The van der Waals surface area contributed by atoms with Gasteiger partial charge in [0.1, 0.15) is 5.78 Å². The van der Waals surface area contributed by atoms with Crippen molar-refractivity contribution in [3.63, 3.8) is 0 Å². The predicted octanol–water partition coefficient (Wildman–Crippen LogP) is 5.21. The van der Waals surface area contributed by atoms with E-state index in [4.69, 9.17) is 0 Å². The fourth-order valence-electron chi connectivity index (χ4n) is 3.66. The lowest BCUT2D eigenvalue weighted by molar-refractivity contribution is -0.116. The third kappa shape index (κ3) is 5.98. The Morgan fingerprint density at radius 1 is 0.484 bits per heavy atom. The highest BCUT2D eigenvalue weighted by Gasteiger charge is 2.20. The largest absolute Gasteiger partial charge is 0.299 e. The monoisotopic (exact) mass is 440 g/mol. The zero-order valence-corrected chi connectivity index (χ0v) is 19.3. The second-order valence-corrected chi connectivity index (χ2v) is 11.9. The third-order valence-corrected chi connectivity index (χ3v) is 10.2. The molecule has 0 heterocycles. The summed E-state index contributed by atoms with van der Waals surface area (Å²) in [6.07, 6.45) is 2.12. The molecule has 0 aliphatic rings. The molecule has 0 N–H and O–H groups in total. The van der Waals surface area contributed by atoms with Gasteiger partial charge in [0.25, 0.3) is 0 Å². The lowest BCUT2D eigenvalue weighted by Crippen LogP contribution is -2.20. The Hall–Kier alpha value is -2.59. The molecule has 1 nitrogen and oxygen atoms in total. The first-order chi connectivity index (χ1) is 15.3. The molecule has 0 bridgehead atoms. The van der Waals surface area contributed by atoms with Crippen molar-refractivity contribution in [1.82, 2.24) is 0 Å². The lowest BCUT2D eigenvalue weighted by Gasteiger charge is -2.20. The van der Waals surface area contributed by atoms with E-state index >= 15 is 0 Å². The smallest absolute Gasteiger partial charge is 0.138 e. The van der Waals surface area contributed by atoms with E-state index in [-0.39, 0.29) is 0 Å². The molecule has 0 aliphatic carbocycles. The number of carbonyl (C=O) groups excluding carboxylic acids is 1. The molecule has 154 valence electrons. The number of rotatable bonds is 9. The van der Waals surface area contributed by atoms with Crippen LogP contribution in [0.25, 0.3) is 0 Å². The summed E-state index contributed by atoms with van der Waals surface area (Å²) in [5.74, 6) is 0.359. The SMILES string of the molecule is O=C(CCP(c1ccccc1)c1ccccc1)CP(c1ccccc1)c1ccccc1. The van der Waals surface area contributed by atoms with Gasteiger partial charge in [-0.3, -0.25) is 4.79 Å². The summed E-state index contributed by atoms with van der Waals surface area (Å²) in [5.41, 5.74) is 0. The molecule has 0 saturated heterocycles. The van der Waals surface area contributed by atoms with Crippen LogP contribution in [-0.2, 0) is 4.79 Å². The first-order valence-corrected chi connectivity index (χ1v) is 13.6. The van der Waals surface area contributed by atoms with E-state index in [1.54, 1.807) is 0 Å². The van der Waals surface area contributed by atoms with E-state index in [0.717, 1.165) is 6.16 Å². The summed E-state index contributed by atoms with van der Waals surface area (Å²) in [6.45, 7) is 0. The molecule has 0 fully saturated rings. The molecule has 31 heavy (non-hydrogen) atoms. The van der Waals surface area contributed by atoms with E-state index in [2.05, 4.69) is 109 Å². The number of hydrogen-bond acceptors (Lipinski definition) is 1. The van der Waals surface area contributed by atoms with Crippen molar-refractivity contribution in [3.05, 3.63) is 121 Å². The van der Waals surface area contributed by atoms with Crippen LogP contribution in [0.3, 0.4) is 0 Å². The summed E-state index contributed by atoms with van der Waals surface area (Å²) < 4.78 is 0. The number of hydrogen-bond donors (Lipinski definition) is 0. The van der Waals surface area contributed by atoms with Crippen LogP contribution in [0.15, 0.2) is 121 Å². The lowest BCUT2D eigenvalue weighted by atomic mass is 10.3. The second-order valence-electron chi connectivity index (χ2n) is 7.37. The molecule has 0 aliphatic heterocycles. The first-order valence-electron chi connectivity index (χ1n) is 10.6. The van der Waals surface area contributed by atoms with Crippen LogP contribution in [0.4, 0.5) is 0 Å². The van der Waals surface area contributed by atoms with Gasteiger partial charge in [0.2, 0.25) is 0 Å². The summed E-state index contributed by atoms with van der Waals surface area (Å²) in [5, 5.41) is 5.21. The van der Waals surface area contributed by atoms with Crippen LogP contribution in [0, 0.1) is 0 Å². The van der Waals surface area contributed by atoms with Crippen molar-refractivity contribution in [2.45, 2.75) is 6.42 Å². The Morgan fingerprint density at radius 3 is 1.16 bits per heavy atom. The number of carbonyl (C=O) groups is 1. The minimum Gasteiger partial charge on any atom is -0.299 e. The van der Waals surface area contributed by atoms with Gasteiger partial charge in [-0.1, -0.05) is 121 Å².